The molecule has 0 radical (unpaired) electrons. The molecule has 4 nitrogen and oxygen atoms in total. The van der Waals surface area contributed by atoms with Crippen molar-refractivity contribution < 1.29 is 4.39 Å². The van der Waals surface area contributed by atoms with Crippen molar-refractivity contribution in [3.8, 4) is 0 Å². The van der Waals surface area contributed by atoms with Crippen molar-refractivity contribution in [3.05, 3.63) is 58.5 Å². The summed E-state index contributed by atoms with van der Waals surface area (Å²) in [6.45, 7) is 1.65. The van der Waals surface area contributed by atoms with Crippen LogP contribution in [0.3, 0.4) is 0 Å². The number of nitrogens with one attached hydrogen (secondary N) is 2. The first kappa shape index (κ1) is 16.9. The second-order valence-corrected chi connectivity index (χ2v) is 7.19. The molecule has 2 N–H and O–H groups in total. The molecule has 0 aliphatic carbocycles. The Morgan fingerprint density at radius 1 is 1.12 bits per heavy atom. The predicted octanol–water partition coefficient (Wildman–Crippen LogP) is 4.12. The van der Waals surface area contributed by atoms with Gasteiger partial charge in [-0.1, -0.05) is 18.2 Å². The Balaban J connectivity index is 2.02. The number of rotatable bonds is 5. The zero-order chi connectivity index (χ0) is 18.1. The Bertz CT molecular complexity index is 1170. The molecule has 26 heavy (non-hydrogen) atoms. The Labute approximate surface area is 153 Å². The number of pyridine rings is 1. The molecule has 2 aromatic carbocycles. The number of para-hydroxylation sites is 1. The Morgan fingerprint density at radius 2 is 1.96 bits per heavy atom. The van der Waals surface area contributed by atoms with Crippen LogP contribution in [0.4, 0.5) is 10.2 Å². The average molecular weight is 367 g/mol. The van der Waals surface area contributed by atoms with Crippen LogP contribution in [-0.2, 0) is 0 Å². The molecule has 132 valence electrons. The fourth-order valence-electron chi connectivity index (χ4n) is 3.12. The van der Waals surface area contributed by atoms with E-state index in [1.807, 2.05) is 31.3 Å². The number of anilines is 1. The molecule has 0 amide bonds. The van der Waals surface area contributed by atoms with Gasteiger partial charge in [0.15, 0.2) is 5.43 Å². The minimum Gasteiger partial charge on any atom is -0.369 e. The molecule has 0 aliphatic rings. The van der Waals surface area contributed by atoms with Crippen LogP contribution in [0.1, 0.15) is 6.42 Å². The lowest BCUT2D eigenvalue weighted by atomic mass is 10.1. The van der Waals surface area contributed by atoms with Gasteiger partial charge in [-0.15, -0.1) is 11.3 Å². The second kappa shape index (κ2) is 6.97. The van der Waals surface area contributed by atoms with E-state index in [2.05, 4.69) is 10.6 Å². The van der Waals surface area contributed by atoms with E-state index in [1.54, 1.807) is 6.07 Å². The van der Waals surface area contributed by atoms with E-state index in [4.69, 9.17) is 4.98 Å². The van der Waals surface area contributed by atoms with Crippen LogP contribution < -0.4 is 16.1 Å². The van der Waals surface area contributed by atoms with Gasteiger partial charge in [0.2, 0.25) is 0 Å². The van der Waals surface area contributed by atoms with Gasteiger partial charge in [-0.3, -0.25) is 4.79 Å². The Morgan fingerprint density at radius 3 is 2.81 bits per heavy atom. The van der Waals surface area contributed by atoms with Gasteiger partial charge in [-0.25, -0.2) is 9.37 Å². The lowest BCUT2D eigenvalue weighted by molar-refractivity contribution is 0.630. The predicted molar refractivity (Wildman–Crippen MR) is 108 cm³/mol. The fraction of sp³-hybridized carbons (Fsp3) is 0.200. The summed E-state index contributed by atoms with van der Waals surface area (Å²) in [4.78, 5) is 17.9. The molecule has 0 bridgehead atoms. The lowest BCUT2D eigenvalue weighted by Crippen LogP contribution is -2.14. The highest BCUT2D eigenvalue weighted by Crippen LogP contribution is 2.34. The van der Waals surface area contributed by atoms with Crippen LogP contribution in [0.15, 0.2) is 47.3 Å². The SMILES string of the molecule is CNCCCNc1nc2ccccc2c2c(=O)c3cc(F)ccc3sc12. The lowest BCUT2D eigenvalue weighted by Gasteiger charge is -2.12. The topological polar surface area (TPSA) is 54.0 Å². The number of benzene rings is 2. The van der Waals surface area contributed by atoms with E-state index in [9.17, 15) is 9.18 Å². The summed E-state index contributed by atoms with van der Waals surface area (Å²) in [6, 6.07) is 12.0. The quantitative estimate of drug-likeness (QED) is 0.316. The third-order valence-electron chi connectivity index (χ3n) is 4.37. The zero-order valence-electron chi connectivity index (χ0n) is 14.3. The van der Waals surface area contributed by atoms with Gasteiger partial charge in [0.1, 0.15) is 11.6 Å². The van der Waals surface area contributed by atoms with Crippen LogP contribution in [0.2, 0.25) is 0 Å². The molecule has 0 spiro atoms. The highest BCUT2D eigenvalue weighted by atomic mass is 32.1. The van der Waals surface area contributed by atoms with E-state index < -0.39 is 5.82 Å². The monoisotopic (exact) mass is 367 g/mol. The fourth-order valence-corrected chi connectivity index (χ4v) is 4.26. The van der Waals surface area contributed by atoms with E-state index in [-0.39, 0.29) is 5.43 Å². The van der Waals surface area contributed by atoms with E-state index >= 15 is 0 Å². The first-order valence-corrected chi connectivity index (χ1v) is 9.34. The zero-order valence-corrected chi connectivity index (χ0v) is 15.1. The van der Waals surface area contributed by atoms with Crippen molar-refractivity contribution in [1.29, 1.82) is 0 Å². The minimum absolute atomic E-state index is 0.148. The molecule has 0 unspecified atom stereocenters. The summed E-state index contributed by atoms with van der Waals surface area (Å²) in [5.74, 6) is 0.313. The first-order chi connectivity index (χ1) is 12.7. The smallest absolute Gasteiger partial charge is 0.196 e. The third-order valence-corrected chi connectivity index (χ3v) is 5.55. The molecule has 0 aliphatic heterocycles. The molecule has 6 heteroatoms. The molecule has 2 aromatic heterocycles. The van der Waals surface area contributed by atoms with E-state index in [0.29, 0.717) is 16.6 Å². The van der Waals surface area contributed by atoms with Crippen LogP contribution in [0.25, 0.3) is 31.1 Å². The maximum atomic E-state index is 13.7. The highest BCUT2D eigenvalue weighted by Gasteiger charge is 2.15. The van der Waals surface area contributed by atoms with E-state index in [1.165, 1.54) is 23.5 Å². The number of hydrogen-bond acceptors (Lipinski definition) is 5. The van der Waals surface area contributed by atoms with Crippen molar-refractivity contribution in [3.63, 3.8) is 0 Å². The highest BCUT2D eigenvalue weighted by molar-refractivity contribution is 7.25. The summed E-state index contributed by atoms with van der Waals surface area (Å²) >= 11 is 1.47. The maximum absolute atomic E-state index is 13.7. The van der Waals surface area contributed by atoms with Gasteiger partial charge in [0.25, 0.3) is 0 Å². The van der Waals surface area contributed by atoms with Crippen molar-refractivity contribution in [1.82, 2.24) is 10.3 Å². The molecular weight excluding hydrogens is 349 g/mol. The van der Waals surface area contributed by atoms with E-state index in [0.717, 1.165) is 39.8 Å². The van der Waals surface area contributed by atoms with Crippen LogP contribution in [-0.4, -0.2) is 25.1 Å². The molecule has 0 fully saturated rings. The van der Waals surface area contributed by atoms with Crippen LogP contribution in [0.5, 0.6) is 0 Å². The summed E-state index contributed by atoms with van der Waals surface area (Å²) in [5.41, 5.74) is 0.612. The second-order valence-electron chi connectivity index (χ2n) is 6.14. The van der Waals surface area contributed by atoms with Crippen molar-refractivity contribution >= 4 is 48.2 Å². The van der Waals surface area contributed by atoms with Crippen molar-refractivity contribution in [2.75, 3.05) is 25.5 Å². The molecule has 0 atom stereocenters. The molecule has 4 rings (SSSR count). The van der Waals surface area contributed by atoms with Crippen molar-refractivity contribution in [2.24, 2.45) is 0 Å². The summed E-state index contributed by atoms with van der Waals surface area (Å²) in [6.07, 6.45) is 0.945. The number of halogens is 1. The number of hydrogen-bond donors (Lipinski definition) is 2. The maximum Gasteiger partial charge on any atom is 0.196 e. The van der Waals surface area contributed by atoms with Gasteiger partial charge in [0.05, 0.1) is 15.6 Å². The van der Waals surface area contributed by atoms with Gasteiger partial charge < -0.3 is 10.6 Å². The minimum atomic E-state index is -0.398. The van der Waals surface area contributed by atoms with Gasteiger partial charge in [-0.2, -0.15) is 0 Å². The summed E-state index contributed by atoms with van der Waals surface area (Å²) < 4.78 is 15.3. The number of aromatic nitrogens is 1. The molecule has 2 heterocycles. The van der Waals surface area contributed by atoms with Crippen molar-refractivity contribution in [2.45, 2.75) is 6.42 Å². The molecule has 0 saturated carbocycles. The Hall–Kier alpha value is -2.57. The van der Waals surface area contributed by atoms with Gasteiger partial charge in [-0.05, 0) is 44.3 Å². The molecule has 0 saturated heterocycles. The Kier molecular flexibility index (Phi) is 4.53. The summed E-state index contributed by atoms with van der Waals surface area (Å²) in [5, 5.41) is 8.30. The normalized spacial score (nSPS) is 11.5. The average Bonchev–Trinajstić information content (AvgIpc) is 2.66. The number of fused-ring (bicyclic) bond motifs is 4. The van der Waals surface area contributed by atoms with Gasteiger partial charge >= 0.3 is 0 Å². The van der Waals surface area contributed by atoms with Gasteiger partial charge in [0, 0.05) is 22.0 Å². The summed E-state index contributed by atoms with van der Waals surface area (Å²) in [7, 11) is 1.92. The number of nitrogens with zero attached hydrogens (tertiary/aromatic N) is 1. The first-order valence-electron chi connectivity index (χ1n) is 8.52. The van der Waals surface area contributed by atoms with Crippen LogP contribution in [0, 0.1) is 5.82 Å². The third kappa shape index (κ3) is 2.91. The standard InChI is InChI=1S/C20H18FN3OS/c1-22-9-4-10-23-20-19-17(13-5-2-3-6-15(13)24-20)18(25)14-11-12(21)7-8-16(14)26-19/h2-3,5-8,11,22H,4,9-10H2,1H3,(H,23,24). The molecule has 4 aromatic rings. The largest absolute Gasteiger partial charge is 0.369 e. The molecular formula is C20H18FN3OS. The van der Waals surface area contributed by atoms with Crippen LogP contribution >= 0.6 is 11.3 Å².